The first-order valence-corrected chi connectivity index (χ1v) is 7.86. The first kappa shape index (κ1) is 14.0. The number of aliphatic hydroxyl groups is 1. The summed E-state index contributed by atoms with van der Waals surface area (Å²) in [6, 6.07) is 22.1. The topological polar surface area (TPSA) is 46.2 Å². The Labute approximate surface area is 128 Å². The van der Waals surface area contributed by atoms with Crippen molar-refractivity contribution in [3.05, 3.63) is 72.3 Å². The molecule has 3 rings (SSSR count). The fourth-order valence-corrected chi connectivity index (χ4v) is 3.24. The number of aliphatic hydroxyl groups excluding tert-OH is 1. The number of nitrogen functional groups attached to an aromatic ring is 1. The highest BCUT2D eigenvalue weighted by atomic mass is 32.2. The molecule has 0 aliphatic carbocycles. The number of benzene rings is 3. The Balaban J connectivity index is 1.73. The third-order valence-electron chi connectivity index (χ3n) is 3.48. The fraction of sp³-hybridized carbons (Fsp3) is 0.111. The van der Waals surface area contributed by atoms with Gasteiger partial charge >= 0.3 is 0 Å². The van der Waals surface area contributed by atoms with Crippen LogP contribution >= 0.6 is 11.8 Å². The molecule has 21 heavy (non-hydrogen) atoms. The van der Waals surface area contributed by atoms with Gasteiger partial charge in [-0.2, -0.15) is 0 Å². The van der Waals surface area contributed by atoms with Crippen LogP contribution in [-0.4, -0.2) is 10.9 Å². The zero-order valence-corrected chi connectivity index (χ0v) is 12.4. The van der Waals surface area contributed by atoms with Crippen LogP contribution in [0, 0.1) is 0 Å². The average molecular weight is 295 g/mol. The highest BCUT2D eigenvalue weighted by molar-refractivity contribution is 7.99. The minimum absolute atomic E-state index is 0.553. The molecule has 3 aromatic rings. The zero-order valence-electron chi connectivity index (χ0n) is 11.6. The van der Waals surface area contributed by atoms with Crippen LogP contribution in [0.25, 0.3) is 10.8 Å². The number of rotatable bonds is 4. The van der Waals surface area contributed by atoms with Crippen molar-refractivity contribution in [2.24, 2.45) is 0 Å². The van der Waals surface area contributed by atoms with Gasteiger partial charge in [0.1, 0.15) is 0 Å². The maximum absolute atomic E-state index is 10.3. The molecule has 0 aliphatic rings. The summed E-state index contributed by atoms with van der Waals surface area (Å²) in [5.41, 5.74) is 7.34. The van der Waals surface area contributed by atoms with Gasteiger partial charge in [-0.25, -0.2) is 0 Å². The van der Waals surface area contributed by atoms with E-state index in [0.29, 0.717) is 11.4 Å². The molecule has 0 aromatic heterocycles. The number of para-hydroxylation sites is 1. The molecule has 0 aliphatic heterocycles. The lowest BCUT2D eigenvalue weighted by atomic mass is 10.1. The third-order valence-corrected chi connectivity index (χ3v) is 4.55. The van der Waals surface area contributed by atoms with Crippen molar-refractivity contribution in [2.45, 2.75) is 11.0 Å². The molecular weight excluding hydrogens is 278 g/mol. The normalized spacial score (nSPS) is 12.4. The Morgan fingerprint density at radius 2 is 1.62 bits per heavy atom. The molecule has 0 radical (unpaired) electrons. The molecule has 0 saturated heterocycles. The second kappa shape index (κ2) is 6.20. The van der Waals surface area contributed by atoms with Crippen molar-refractivity contribution in [3.63, 3.8) is 0 Å². The van der Waals surface area contributed by atoms with Crippen LogP contribution in [0.15, 0.2) is 71.6 Å². The average Bonchev–Trinajstić information content (AvgIpc) is 2.53. The van der Waals surface area contributed by atoms with Crippen molar-refractivity contribution < 1.29 is 5.11 Å². The van der Waals surface area contributed by atoms with E-state index in [1.54, 1.807) is 11.8 Å². The number of nitrogens with two attached hydrogens (primary N) is 1. The number of hydrogen-bond acceptors (Lipinski definition) is 3. The van der Waals surface area contributed by atoms with Crippen molar-refractivity contribution in [1.29, 1.82) is 0 Å². The highest BCUT2D eigenvalue weighted by Crippen LogP contribution is 2.29. The molecule has 1 atom stereocenters. The first-order valence-electron chi connectivity index (χ1n) is 6.88. The van der Waals surface area contributed by atoms with Crippen LogP contribution in [0.4, 0.5) is 5.69 Å². The fourth-order valence-electron chi connectivity index (χ4n) is 2.34. The molecule has 0 spiro atoms. The van der Waals surface area contributed by atoms with E-state index in [4.69, 9.17) is 5.73 Å². The summed E-state index contributed by atoms with van der Waals surface area (Å²) in [5, 5.41) is 12.7. The van der Waals surface area contributed by atoms with Gasteiger partial charge in [0.2, 0.25) is 0 Å². The van der Waals surface area contributed by atoms with E-state index in [0.717, 1.165) is 10.5 Å². The molecule has 0 heterocycles. The van der Waals surface area contributed by atoms with Gasteiger partial charge in [-0.05, 0) is 29.0 Å². The summed E-state index contributed by atoms with van der Waals surface area (Å²) >= 11 is 1.64. The molecule has 3 N–H and O–H groups in total. The van der Waals surface area contributed by atoms with Crippen LogP contribution < -0.4 is 5.73 Å². The maximum atomic E-state index is 10.3. The largest absolute Gasteiger partial charge is 0.398 e. The predicted octanol–water partition coefficient (Wildman–Crippen LogP) is 4.25. The van der Waals surface area contributed by atoms with Gasteiger partial charge in [0.15, 0.2) is 0 Å². The molecule has 3 heteroatoms. The maximum Gasteiger partial charge on any atom is 0.0903 e. The van der Waals surface area contributed by atoms with E-state index in [2.05, 4.69) is 30.3 Å². The number of hydrogen-bond donors (Lipinski definition) is 2. The number of thioether (sulfide) groups is 1. The van der Waals surface area contributed by atoms with Crippen molar-refractivity contribution in [3.8, 4) is 0 Å². The molecule has 0 fully saturated rings. The summed E-state index contributed by atoms with van der Waals surface area (Å²) in [5.74, 6) is 0.590. The predicted molar refractivity (Wildman–Crippen MR) is 90.5 cm³/mol. The van der Waals surface area contributed by atoms with E-state index in [9.17, 15) is 5.11 Å². The van der Waals surface area contributed by atoms with E-state index in [1.807, 2.05) is 36.4 Å². The van der Waals surface area contributed by atoms with Crippen LogP contribution in [0.5, 0.6) is 0 Å². The van der Waals surface area contributed by atoms with E-state index >= 15 is 0 Å². The SMILES string of the molecule is Nc1ccccc1C(O)CSc1ccc2ccccc2c1. The van der Waals surface area contributed by atoms with Gasteiger partial charge in [0, 0.05) is 21.9 Å². The Kier molecular flexibility index (Phi) is 4.13. The monoisotopic (exact) mass is 295 g/mol. The van der Waals surface area contributed by atoms with Gasteiger partial charge in [0.25, 0.3) is 0 Å². The van der Waals surface area contributed by atoms with Gasteiger partial charge in [-0.15, -0.1) is 11.8 Å². The second-order valence-corrected chi connectivity index (χ2v) is 6.06. The summed E-state index contributed by atoms with van der Waals surface area (Å²) in [6.07, 6.45) is -0.553. The van der Waals surface area contributed by atoms with Crippen molar-refractivity contribution in [2.75, 3.05) is 11.5 Å². The van der Waals surface area contributed by atoms with Crippen LogP contribution in [-0.2, 0) is 0 Å². The lowest BCUT2D eigenvalue weighted by Gasteiger charge is -2.13. The van der Waals surface area contributed by atoms with Crippen LogP contribution in [0.3, 0.4) is 0 Å². The molecule has 3 aromatic carbocycles. The minimum Gasteiger partial charge on any atom is -0.398 e. The third kappa shape index (κ3) is 3.20. The molecule has 0 bridgehead atoms. The smallest absolute Gasteiger partial charge is 0.0903 e. The molecule has 2 nitrogen and oxygen atoms in total. The van der Waals surface area contributed by atoms with Gasteiger partial charge < -0.3 is 10.8 Å². The van der Waals surface area contributed by atoms with E-state index in [-0.39, 0.29) is 0 Å². The quantitative estimate of drug-likeness (QED) is 0.559. The van der Waals surface area contributed by atoms with Crippen molar-refractivity contribution >= 4 is 28.2 Å². The Hall–Kier alpha value is -1.97. The van der Waals surface area contributed by atoms with Gasteiger partial charge in [-0.3, -0.25) is 0 Å². The second-order valence-electron chi connectivity index (χ2n) is 4.96. The summed E-state index contributed by atoms with van der Waals surface area (Å²) in [6.45, 7) is 0. The molecule has 0 amide bonds. The van der Waals surface area contributed by atoms with Gasteiger partial charge in [-0.1, -0.05) is 48.5 Å². The van der Waals surface area contributed by atoms with E-state index < -0.39 is 6.10 Å². The molecular formula is C18H17NOS. The zero-order chi connectivity index (χ0) is 14.7. The van der Waals surface area contributed by atoms with Gasteiger partial charge in [0.05, 0.1) is 6.10 Å². The van der Waals surface area contributed by atoms with Crippen LogP contribution in [0.2, 0.25) is 0 Å². The Morgan fingerprint density at radius 3 is 2.43 bits per heavy atom. The Bertz CT molecular complexity index is 757. The number of fused-ring (bicyclic) bond motifs is 1. The van der Waals surface area contributed by atoms with Crippen LogP contribution in [0.1, 0.15) is 11.7 Å². The molecule has 0 saturated carbocycles. The lowest BCUT2D eigenvalue weighted by Crippen LogP contribution is -2.04. The molecule has 1 unspecified atom stereocenters. The van der Waals surface area contributed by atoms with Crippen molar-refractivity contribution in [1.82, 2.24) is 0 Å². The van der Waals surface area contributed by atoms with E-state index in [1.165, 1.54) is 10.8 Å². The lowest BCUT2D eigenvalue weighted by molar-refractivity contribution is 0.205. The summed E-state index contributed by atoms with van der Waals surface area (Å²) in [7, 11) is 0. The number of anilines is 1. The summed E-state index contributed by atoms with van der Waals surface area (Å²) < 4.78 is 0. The first-order chi connectivity index (χ1) is 10.2. The molecule has 106 valence electrons. The highest BCUT2D eigenvalue weighted by Gasteiger charge is 2.11. The Morgan fingerprint density at radius 1 is 0.905 bits per heavy atom. The summed E-state index contributed by atoms with van der Waals surface area (Å²) in [4.78, 5) is 1.15. The minimum atomic E-state index is -0.553. The standard InChI is InChI=1S/C18H17NOS/c19-17-8-4-3-7-16(17)18(20)12-21-15-10-9-13-5-1-2-6-14(13)11-15/h1-11,18,20H,12,19H2.